The minimum atomic E-state index is -0.557. The molecule has 4 heteroatoms. The number of carbonyl (C=O) groups is 2. The minimum absolute atomic E-state index is 0.0613. The number of hydrogen-bond donors (Lipinski definition) is 1. The van der Waals surface area contributed by atoms with Crippen LogP contribution < -0.4 is 4.74 Å². The Kier molecular flexibility index (Phi) is 3.95. The van der Waals surface area contributed by atoms with Crippen molar-refractivity contribution in [3.63, 3.8) is 0 Å². The van der Waals surface area contributed by atoms with Crippen molar-refractivity contribution in [1.82, 2.24) is 0 Å². The zero-order valence-electron chi connectivity index (χ0n) is 16.5. The van der Waals surface area contributed by atoms with E-state index in [-0.39, 0.29) is 28.3 Å². The first-order chi connectivity index (χ1) is 12.6. The van der Waals surface area contributed by atoms with E-state index in [4.69, 9.17) is 10.1 Å². The van der Waals surface area contributed by atoms with Crippen LogP contribution in [0.15, 0.2) is 35.6 Å². The van der Waals surface area contributed by atoms with Gasteiger partial charge in [-0.2, -0.15) is 0 Å². The summed E-state index contributed by atoms with van der Waals surface area (Å²) < 4.78 is 6.15. The van der Waals surface area contributed by atoms with Gasteiger partial charge in [0.1, 0.15) is 17.3 Å². The molecule has 1 heterocycles. The SMILES string of the molecule is CC1(C)CC(=N)C([C@H]2C3=C(CC(C)(C)CC3=O)Oc3ccccc32)C(=O)C1. The fraction of sp³-hybridized carbons (Fsp3) is 0.522. The largest absolute Gasteiger partial charge is 0.461 e. The number of carbonyl (C=O) groups excluding carboxylic acids is 2. The number of hydrogen-bond acceptors (Lipinski definition) is 4. The van der Waals surface area contributed by atoms with Gasteiger partial charge in [0.25, 0.3) is 0 Å². The molecule has 1 fully saturated rings. The molecular weight excluding hydrogens is 338 g/mol. The third-order valence-electron chi connectivity index (χ3n) is 6.05. The second kappa shape index (κ2) is 5.88. The highest BCUT2D eigenvalue weighted by Crippen LogP contribution is 2.52. The number of para-hydroxylation sites is 1. The Hall–Kier alpha value is -2.23. The van der Waals surface area contributed by atoms with Crippen molar-refractivity contribution in [3.05, 3.63) is 41.2 Å². The predicted molar refractivity (Wildman–Crippen MR) is 104 cm³/mol. The van der Waals surface area contributed by atoms with Gasteiger partial charge in [-0.05, 0) is 23.3 Å². The summed E-state index contributed by atoms with van der Waals surface area (Å²) in [5.41, 5.74) is 1.61. The first-order valence-corrected chi connectivity index (χ1v) is 9.71. The molecule has 0 spiro atoms. The van der Waals surface area contributed by atoms with Crippen molar-refractivity contribution in [2.75, 3.05) is 0 Å². The van der Waals surface area contributed by atoms with E-state index in [1.165, 1.54) is 0 Å². The van der Waals surface area contributed by atoms with E-state index in [9.17, 15) is 9.59 Å². The van der Waals surface area contributed by atoms with Gasteiger partial charge in [-0.1, -0.05) is 45.9 Å². The summed E-state index contributed by atoms with van der Waals surface area (Å²) in [6.45, 7) is 8.22. The third kappa shape index (κ3) is 3.05. The van der Waals surface area contributed by atoms with Gasteiger partial charge in [-0.25, -0.2) is 0 Å². The zero-order valence-corrected chi connectivity index (χ0v) is 16.5. The molecule has 0 amide bonds. The molecule has 0 bridgehead atoms. The summed E-state index contributed by atoms with van der Waals surface area (Å²) >= 11 is 0. The molecule has 27 heavy (non-hydrogen) atoms. The molecular formula is C23H27NO3. The number of Topliss-reactive ketones (excluding diaryl/α,β-unsaturated/α-hetero) is 2. The molecule has 0 radical (unpaired) electrons. The third-order valence-corrected chi connectivity index (χ3v) is 6.05. The number of ketones is 2. The monoisotopic (exact) mass is 365 g/mol. The smallest absolute Gasteiger partial charge is 0.163 e. The summed E-state index contributed by atoms with van der Waals surface area (Å²) in [6.07, 6.45) is 2.17. The van der Waals surface area contributed by atoms with Crippen LogP contribution in [0.2, 0.25) is 0 Å². The van der Waals surface area contributed by atoms with Crippen molar-refractivity contribution >= 4 is 17.3 Å². The van der Waals surface area contributed by atoms with E-state index in [1.54, 1.807) is 0 Å². The van der Waals surface area contributed by atoms with Gasteiger partial charge in [0.15, 0.2) is 5.78 Å². The van der Waals surface area contributed by atoms with Crippen molar-refractivity contribution in [2.24, 2.45) is 16.7 Å². The summed E-state index contributed by atoms with van der Waals surface area (Å²) in [7, 11) is 0. The Morgan fingerprint density at radius 2 is 1.59 bits per heavy atom. The van der Waals surface area contributed by atoms with Crippen LogP contribution in [0.5, 0.6) is 5.75 Å². The first kappa shape index (κ1) is 18.1. The van der Waals surface area contributed by atoms with Crippen molar-refractivity contribution in [3.8, 4) is 5.75 Å². The molecule has 3 aliphatic rings. The van der Waals surface area contributed by atoms with Gasteiger partial charge < -0.3 is 10.1 Å². The number of allylic oxidation sites excluding steroid dienone is 2. The van der Waals surface area contributed by atoms with Gasteiger partial charge in [-0.3, -0.25) is 9.59 Å². The highest BCUT2D eigenvalue weighted by Gasteiger charge is 2.49. The maximum absolute atomic E-state index is 13.1. The minimum Gasteiger partial charge on any atom is -0.461 e. The molecule has 2 atom stereocenters. The van der Waals surface area contributed by atoms with Gasteiger partial charge in [0.2, 0.25) is 0 Å². The highest BCUT2D eigenvalue weighted by atomic mass is 16.5. The fourth-order valence-corrected chi connectivity index (χ4v) is 5.03. The van der Waals surface area contributed by atoms with Crippen molar-refractivity contribution in [2.45, 2.75) is 59.3 Å². The van der Waals surface area contributed by atoms with Crippen molar-refractivity contribution < 1.29 is 14.3 Å². The average molecular weight is 365 g/mol. The van der Waals surface area contributed by atoms with Crippen LogP contribution in [0.25, 0.3) is 0 Å². The number of ether oxygens (including phenoxy) is 1. The second-order valence-corrected chi connectivity index (χ2v) is 9.88. The molecule has 1 N–H and O–H groups in total. The topological polar surface area (TPSA) is 67.2 Å². The van der Waals surface area contributed by atoms with E-state index in [0.717, 1.165) is 11.3 Å². The first-order valence-electron chi connectivity index (χ1n) is 9.71. The van der Waals surface area contributed by atoms with Crippen LogP contribution in [0, 0.1) is 22.2 Å². The van der Waals surface area contributed by atoms with E-state index in [2.05, 4.69) is 13.8 Å². The molecule has 1 unspecified atom stereocenters. The highest BCUT2D eigenvalue weighted by molar-refractivity contribution is 6.10. The molecule has 4 nitrogen and oxygen atoms in total. The molecule has 0 saturated heterocycles. The van der Waals surface area contributed by atoms with E-state index in [0.29, 0.717) is 42.7 Å². The molecule has 1 aromatic rings. The Morgan fingerprint density at radius 1 is 0.926 bits per heavy atom. The lowest BCUT2D eigenvalue weighted by atomic mass is 9.62. The predicted octanol–water partition coefficient (Wildman–Crippen LogP) is 4.83. The van der Waals surface area contributed by atoms with Crippen molar-refractivity contribution in [1.29, 1.82) is 5.41 Å². The van der Waals surface area contributed by atoms with Gasteiger partial charge >= 0.3 is 0 Å². The Bertz CT molecular complexity index is 871. The lowest BCUT2D eigenvalue weighted by molar-refractivity contribution is -0.124. The van der Waals surface area contributed by atoms with Crippen LogP contribution in [-0.2, 0) is 9.59 Å². The second-order valence-electron chi connectivity index (χ2n) is 9.88. The van der Waals surface area contributed by atoms with Gasteiger partial charge in [0.05, 0.1) is 5.92 Å². The summed E-state index contributed by atoms with van der Waals surface area (Å²) in [5, 5.41) is 8.66. The standard InChI is InChI=1S/C23H27NO3/c1-22(2)9-14(24)20(15(25)10-22)19-13-7-5-6-8-17(13)27-18-12-23(3,4)11-16(26)21(18)19/h5-8,19-20,24H,9-12H2,1-4H3/t19-,20?/m0/s1. The quantitative estimate of drug-likeness (QED) is 0.775. The van der Waals surface area contributed by atoms with Gasteiger partial charge in [0, 0.05) is 42.0 Å². The summed E-state index contributed by atoms with van der Waals surface area (Å²) in [6, 6.07) is 7.67. The number of nitrogens with one attached hydrogen (secondary N) is 1. The average Bonchev–Trinajstić information content (AvgIpc) is 2.50. The Labute approximate surface area is 160 Å². The molecule has 142 valence electrons. The molecule has 1 aromatic carbocycles. The van der Waals surface area contributed by atoms with Crippen LogP contribution in [0.3, 0.4) is 0 Å². The van der Waals surface area contributed by atoms with E-state index >= 15 is 0 Å². The number of benzene rings is 1. The molecule has 0 aromatic heterocycles. The number of rotatable bonds is 1. The lowest BCUT2D eigenvalue weighted by Gasteiger charge is -2.43. The summed E-state index contributed by atoms with van der Waals surface area (Å²) in [4.78, 5) is 26.3. The van der Waals surface area contributed by atoms with E-state index < -0.39 is 5.92 Å². The van der Waals surface area contributed by atoms with Crippen LogP contribution in [0.4, 0.5) is 0 Å². The maximum atomic E-state index is 13.1. The normalized spacial score (nSPS) is 29.1. The zero-order chi connectivity index (χ0) is 19.6. The van der Waals surface area contributed by atoms with Crippen LogP contribution in [-0.4, -0.2) is 17.3 Å². The van der Waals surface area contributed by atoms with Crippen LogP contribution >= 0.6 is 0 Å². The molecule has 4 rings (SSSR count). The maximum Gasteiger partial charge on any atom is 0.163 e. The molecule has 1 saturated carbocycles. The Balaban J connectivity index is 1.87. The fourth-order valence-electron chi connectivity index (χ4n) is 5.03. The van der Waals surface area contributed by atoms with Gasteiger partial charge in [-0.15, -0.1) is 0 Å². The molecule has 1 aliphatic heterocycles. The Morgan fingerprint density at radius 3 is 2.30 bits per heavy atom. The number of fused-ring (bicyclic) bond motifs is 1. The van der Waals surface area contributed by atoms with Crippen LogP contribution in [0.1, 0.15) is 64.9 Å². The van der Waals surface area contributed by atoms with E-state index in [1.807, 2.05) is 38.1 Å². The molecule has 2 aliphatic carbocycles. The summed E-state index contributed by atoms with van der Waals surface area (Å²) in [5.74, 6) is 0.610. The lowest BCUT2D eigenvalue weighted by Crippen LogP contribution is -2.44.